The van der Waals surface area contributed by atoms with E-state index < -0.39 is 0 Å². The normalized spacial score (nSPS) is 11.9. The van der Waals surface area contributed by atoms with Crippen molar-refractivity contribution < 1.29 is 0 Å². The Morgan fingerprint density at radius 1 is 0.368 bits per heavy atom. The van der Waals surface area contributed by atoms with Crippen LogP contribution in [0.2, 0.25) is 0 Å². The molecular formula is C52H32N4S. The van der Waals surface area contributed by atoms with Crippen molar-refractivity contribution in [1.82, 2.24) is 19.1 Å². The van der Waals surface area contributed by atoms with Gasteiger partial charge < -0.3 is 9.13 Å². The number of aromatic nitrogens is 4. The van der Waals surface area contributed by atoms with Crippen molar-refractivity contribution in [1.29, 1.82) is 0 Å². The first-order valence-electron chi connectivity index (χ1n) is 19.3. The van der Waals surface area contributed by atoms with Crippen LogP contribution in [0.4, 0.5) is 0 Å². The number of fused-ring (bicyclic) bond motifs is 9. The molecule has 0 spiro atoms. The summed E-state index contributed by atoms with van der Waals surface area (Å²) in [6.45, 7) is 0. The minimum Gasteiger partial charge on any atom is -0.308 e. The summed E-state index contributed by atoms with van der Waals surface area (Å²) in [5, 5.41) is 7.28. The largest absolute Gasteiger partial charge is 0.308 e. The maximum Gasteiger partial charge on any atom is 0.163 e. The third-order valence-electron chi connectivity index (χ3n) is 11.3. The van der Waals surface area contributed by atoms with Crippen LogP contribution in [0, 0.1) is 0 Å². The fourth-order valence-electron chi connectivity index (χ4n) is 8.87. The van der Waals surface area contributed by atoms with Gasteiger partial charge in [-0.05, 0) is 42.5 Å². The quantitative estimate of drug-likeness (QED) is 0.176. The van der Waals surface area contributed by atoms with Crippen LogP contribution in [0.3, 0.4) is 0 Å². The summed E-state index contributed by atoms with van der Waals surface area (Å²) in [7, 11) is 0. The van der Waals surface area contributed by atoms with Gasteiger partial charge in [-0.15, -0.1) is 11.3 Å². The van der Waals surface area contributed by atoms with Crippen LogP contribution in [0.15, 0.2) is 194 Å². The van der Waals surface area contributed by atoms with Crippen molar-refractivity contribution in [3.63, 3.8) is 0 Å². The fraction of sp³-hybridized carbons (Fsp3) is 0. The van der Waals surface area contributed by atoms with E-state index in [1.165, 1.54) is 48.1 Å². The SMILES string of the molecule is c1ccc(-c2cc(-c3ccccc3)nc(-c3c(-n4c5ccccc5c5ccccc54)cc(-n4c5ccccc5c5ccccc54)c4c3sc3ccccc34)n2)cc1. The van der Waals surface area contributed by atoms with Gasteiger partial charge in [0.15, 0.2) is 5.82 Å². The highest BCUT2D eigenvalue weighted by Crippen LogP contribution is 2.49. The number of hydrogen-bond acceptors (Lipinski definition) is 3. The molecule has 12 rings (SSSR count). The number of benzene rings is 8. The Labute approximate surface area is 332 Å². The van der Waals surface area contributed by atoms with E-state index in [4.69, 9.17) is 9.97 Å². The summed E-state index contributed by atoms with van der Waals surface area (Å²) >= 11 is 1.82. The highest BCUT2D eigenvalue weighted by molar-refractivity contribution is 7.26. The number of para-hydroxylation sites is 4. The van der Waals surface area contributed by atoms with E-state index in [9.17, 15) is 0 Å². The highest BCUT2D eigenvalue weighted by Gasteiger charge is 2.27. The van der Waals surface area contributed by atoms with Crippen LogP contribution < -0.4 is 0 Å². The lowest BCUT2D eigenvalue weighted by atomic mass is 10.0. The molecule has 0 unspecified atom stereocenters. The molecule has 0 aliphatic heterocycles. The van der Waals surface area contributed by atoms with Crippen molar-refractivity contribution in [2.45, 2.75) is 0 Å². The summed E-state index contributed by atoms with van der Waals surface area (Å²) in [6.07, 6.45) is 0. The maximum atomic E-state index is 5.52. The summed E-state index contributed by atoms with van der Waals surface area (Å²) in [5.74, 6) is 0.692. The Morgan fingerprint density at radius 2 is 0.772 bits per heavy atom. The minimum atomic E-state index is 0.692. The molecule has 57 heavy (non-hydrogen) atoms. The zero-order valence-electron chi connectivity index (χ0n) is 30.7. The van der Waals surface area contributed by atoms with Gasteiger partial charge in [0.05, 0.1) is 55.1 Å². The van der Waals surface area contributed by atoms with E-state index in [2.05, 4.69) is 203 Å². The van der Waals surface area contributed by atoms with Gasteiger partial charge in [-0.25, -0.2) is 9.97 Å². The van der Waals surface area contributed by atoms with E-state index >= 15 is 0 Å². The predicted molar refractivity (Wildman–Crippen MR) is 240 cm³/mol. The third kappa shape index (κ3) is 4.86. The van der Waals surface area contributed by atoms with Gasteiger partial charge in [-0.2, -0.15) is 0 Å². The van der Waals surface area contributed by atoms with Crippen molar-refractivity contribution in [3.8, 4) is 45.3 Å². The average Bonchev–Trinajstić information content (AvgIpc) is 3.95. The molecule has 0 saturated heterocycles. The topological polar surface area (TPSA) is 35.6 Å². The Balaban J connectivity index is 1.31. The molecule has 4 aromatic heterocycles. The lowest BCUT2D eigenvalue weighted by Gasteiger charge is -2.19. The molecule has 0 fully saturated rings. The molecule has 0 N–H and O–H groups in total. The van der Waals surface area contributed by atoms with Crippen LogP contribution >= 0.6 is 11.3 Å². The Kier molecular flexibility index (Phi) is 7.06. The minimum absolute atomic E-state index is 0.692. The van der Waals surface area contributed by atoms with Crippen LogP contribution in [-0.2, 0) is 0 Å². The highest BCUT2D eigenvalue weighted by atomic mass is 32.1. The molecule has 8 aromatic carbocycles. The fourth-order valence-corrected chi connectivity index (χ4v) is 10.1. The van der Waals surface area contributed by atoms with Crippen LogP contribution in [-0.4, -0.2) is 19.1 Å². The molecule has 0 aliphatic carbocycles. The monoisotopic (exact) mass is 744 g/mol. The number of nitrogens with zero attached hydrogens (tertiary/aromatic N) is 4. The number of hydrogen-bond donors (Lipinski definition) is 0. The number of rotatable bonds is 5. The second-order valence-electron chi connectivity index (χ2n) is 14.5. The molecule has 0 aliphatic rings. The third-order valence-corrected chi connectivity index (χ3v) is 12.5. The number of thiophene rings is 1. The second kappa shape index (κ2) is 12.6. The van der Waals surface area contributed by atoms with Gasteiger partial charge in [0.1, 0.15) is 0 Å². The lowest BCUT2D eigenvalue weighted by Crippen LogP contribution is -2.05. The molecule has 4 nitrogen and oxygen atoms in total. The lowest BCUT2D eigenvalue weighted by molar-refractivity contribution is 1.13. The molecule has 5 heteroatoms. The van der Waals surface area contributed by atoms with E-state index in [1.807, 2.05) is 11.3 Å². The van der Waals surface area contributed by atoms with Gasteiger partial charge in [0.2, 0.25) is 0 Å². The van der Waals surface area contributed by atoms with E-state index in [1.54, 1.807) is 0 Å². The molecule has 0 bridgehead atoms. The predicted octanol–water partition coefficient (Wildman–Crippen LogP) is 14.0. The molecule has 266 valence electrons. The molecular weight excluding hydrogens is 713 g/mol. The Morgan fingerprint density at radius 3 is 1.26 bits per heavy atom. The molecule has 12 aromatic rings. The van der Waals surface area contributed by atoms with E-state index in [-0.39, 0.29) is 0 Å². The Hall–Kier alpha value is -7.34. The zero-order valence-corrected chi connectivity index (χ0v) is 31.5. The maximum absolute atomic E-state index is 5.52. The standard InChI is InChI=1S/C52H32N4S/c1-3-17-33(18-4-1)40-31-41(34-19-5-2-6-20-34)54-52(53-40)50-47(56-44-28-14-9-23-37(44)38-24-10-15-29-45(38)56)32-46(49-39-25-11-16-30-48(39)57-51(49)50)55-42-26-12-7-21-35(42)36-22-8-13-27-43(36)55/h1-32H. The van der Waals surface area contributed by atoms with Crippen LogP contribution in [0.1, 0.15) is 0 Å². The first-order chi connectivity index (χ1) is 28.3. The summed E-state index contributed by atoms with van der Waals surface area (Å²) < 4.78 is 7.29. The summed E-state index contributed by atoms with van der Waals surface area (Å²) in [5.41, 5.74) is 11.6. The molecule has 0 amide bonds. The van der Waals surface area contributed by atoms with Crippen molar-refractivity contribution in [2.24, 2.45) is 0 Å². The summed E-state index contributed by atoms with van der Waals surface area (Å²) in [6, 6.07) is 69.4. The first-order valence-corrected chi connectivity index (χ1v) is 20.1. The van der Waals surface area contributed by atoms with Gasteiger partial charge >= 0.3 is 0 Å². The van der Waals surface area contributed by atoms with Gasteiger partial charge in [0, 0.05) is 48.1 Å². The van der Waals surface area contributed by atoms with Gasteiger partial charge in [-0.1, -0.05) is 152 Å². The van der Waals surface area contributed by atoms with Crippen molar-refractivity contribution in [2.75, 3.05) is 0 Å². The van der Waals surface area contributed by atoms with Crippen molar-refractivity contribution in [3.05, 3.63) is 194 Å². The second-order valence-corrected chi connectivity index (χ2v) is 15.6. The van der Waals surface area contributed by atoms with Crippen molar-refractivity contribution >= 4 is 75.1 Å². The molecule has 4 heterocycles. The smallest absolute Gasteiger partial charge is 0.163 e. The molecule has 0 saturated carbocycles. The summed E-state index contributed by atoms with van der Waals surface area (Å²) in [4.78, 5) is 11.0. The molecule has 0 radical (unpaired) electrons. The Bertz CT molecular complexity index is 3360. The van der Waals surface area contributed by atoms with Gasteiger partial charge in [0.25, 0.3) is 0 Å². The van der Waals surface area contributed by atoms with Gasteiger partial charge in [-0.3, -0.25) is 0 Å². The molecule has 0 atom stereocenters. The first kappa shape index (κ1) is 32.0. The average molecular weight is 745 g/mol. The van der Waals surface area contributed by atoms with Crippen LogP contribution in [0.5, 0.6) is 0 Å². The van der Waals surface area contributed by atoms with E-state index in [0.29, 0.717) is 5.82 Å². The zero-order chi connectivity index (χ0) is 37.5. The van der Waals surface area contributed by atoms with E-state index in [0.717, 1.165) is 55.2 Å². The van der Waals surface area contributed by atoms with Crippen LogP contribution in [0.25, 0.3) is 109 Å².